The van der Waals surface area contributed by atoms with Crippen LogP contribution in [0, 0.1) is 5.92 Å². The minimum Gasteiger partial charge on any atom is -0.315 e. The third-order valence-electron chi connectivity index (χ3n) is 3.69. The Morgan fingerprint density at radius 1 is 1.33 bits per heavy atom. The third-order valence-corrected chi connectivity index (χ3v) is 3.69. The van der Waals surface area contributed by atoms with Gasteiger partial charge in [0.25, 0.3) is 0 Å². The van der Waals surface area contributed by atoms with Gasteiger partial charge in [0, 0.05) is 19.1 Å². The second-order valence-corrected chi connectivity index (χ2v) is 4.95. The van der Waals surface area contributed by atoms with Crippen LogP contribution in [0.4, 0.5) is 0 Å². The summed E-state index contributed by atoms with van der Waals surface area (Å²) < 4.78 is 0. The highest BCUT2D eigenvalue weighted by molar-refractivity contribution is 4.77. The second kappa shape index (κ2) is 7.24. The molecule has 2 atom stereocenters. The zero-order valence-electron chi connectivity index (χ0n) is 10.8. The smallest absolute Gasteiger partial charge is 0.0220 e. The predicted molar refractivity (Wildman–Crippen MR) is 67.2 cm³/mol. The molecule has 0 spiro atoms. The van der Waals surface area contributed by atoms with Crippen LogP contribution in [0.15, 0.2) is 0 Å². The predicted octanol–water partition coefficient (Wildman–Crippen LogP) is 2.50. The van der Waals surface area contributed by atoms with E-state index in [1.165, 1.54) is 51.9 Å². The first-order valence-corrected chi connectivity index (χ1v) is 6.72. The molecule has 0 aromatic carbocycles. The summed E-state index contributed by atoms with van der Waals surface area (Å²) >= 11 is 0. The van der Waals surface area contributed by atoms with Crippen molar-refractivity contribution in [1.29, 1.82) is 0 Å². The summed E-state index contributed by atoms with van der Waals surface area (Å²) in [5.41, 5.74) is 0. The molecule has 1 rings (SSSR count). The minimum atomic E-state index is 0.784. The SMILES string of the molecule is CCC(C)CN(CC)C1CCCCNC1. The molecule has 2 unspecified atom stereocenters. The summed E-state index contributed by atoms with van der Waals surface area (Å²) in [7, 11) is 0. The molecule has 0 aromatic rings. The monoisotopic (exact) mass is 212 g/mol. The molecule has 1 fully saturated rings. The lowest BCUT2D eigenvalue weighted by Gasteiger charge is -2.32. The molecule has 1 aliphatic heterocycles. The second-order valence-electron chi connectivity index (χ2n) is 4.95. The van der Waals surface area contributed by atoms with Gasteiger partial charge in [0.05, 0.1) is 0 Å². The lowest BCUT2D eigenvalue weighted by molar-refractivity contribution is 0.170. The number of hydrogen-bond donors (Lipinski definition) is 1. The quantitative estimate of drug-likeness (QED) is 0.753. The Labute approximate surface area is 95.4 Å². The van der Waals surface area contributed by atoms with Crippen LogP contribution in [0.5, 0.6) is 0 Å². The molecule has 0 bridgehead atoms. The van der Waals surface area contributed by atoms with Crippen LogP contribution in [0.25, 0.3) is 0 Å². The van der Waals surface area contributed by atoms with Crippen molar-refractivity contribution in [2.75, 3.05) is 26.2 Å². The molecule has 2 heteroatoms. The standard InChI is InChI=1S/C13H28N2/c1-4-12(3)11-15(5-2)13-8-6-7-9-14-10-13/h12-14H,4-11H2,1-3H3. The summed E-state index contributed by atoms with van der Waals surface area (Å²) in [6, 6.07) is 0.784. The zero-order chi connectivity index (χ0) is 11.1. The average molecular weight is 212 g/mol. The van der Waals surface area contributed by atoms with E-state index >= 15 is 0 Å². The van der Waals surface area contributed by atoms with Gasteiger partial charge >= 0.3 is 0 Å². The Bertz CT molecular complexity index is 151. The number of likely N-dealkylation sites (N-methyl/N-ethyl adjacent to an activating group) is 1. The van der Waals surface area contributed by atoms with Gasteiger partial charge in [-0.15, -0.1) is 0 Å². The van der Waals surface area contributed by atoms with E-state index in [4.69, 9.17) is 0 Å². The van der Waals surface area contributed by atoms with Gasteiger partial charge in [0.15, 0.2) is 0 Å². The van der Waals surface area contributed by atoms with Gasteiger partial charge in [-0.3, -0.25) is 4.90 Å². The summed E-state index contributed by atoms with van der Waals surface area (Å²) in [6.45, 7) is 11.9. The van der Waals surface area contributed by atoms with Crippen molar-refractivity contribution in [3.05, 3.63) is 0 Å². The van der Waals surface area contributed by atoms with E-state index in [1.807, 2.05) is 0 Å². The molecular weight excluding hydrogens is 184 g/mol. The third kappa shape index (κ3) is 4.52. The van der Waals surface area contributed by atoms with Gasteiger partial charge in [-0.25, -0.2) is 0 Å². The molecule has 1 heterocycles. The van der Waals surface area contributed by atoms with E-state index in [9.17, 15) is 0 Å². The highest BCUT2D eigenvalue weighted by Gasteiger charge is 2.19. The topological polar surface area (TPSA) is 15.3 Å². The largest absolute Gasteiger partial charge is 0.315 e. The molecule has 0 aliphatic carbocycles. The molecule has 0 radical (unpaired) electrons. The highest BCUT2D eigenvalue weighted by atomic mass is 15.2. The molecule has 0 aromatic heterocycles. The van der Waals surface area contributed by atoms with E-state index in [2.05, 4.69) is 31.0 Å². The van der Waals surface area contributed by atoms with Crippen LogP contribution in [0.3, 0.4) is 0 Å². The van der Waals surface area contributed by atoms with E-state index in [1.54, 1.807) is 0 Å². The molecule has 0 saturated carbocycles. The summed E-state index contributed by atoms with van der Waals surface area (Å²) in [6.07, 6.45) is 5.44. The van der Waals surface area contributed by atoms with Crippen LogP contribution >= 0.6 is 0 Å². The van der Waals surface area contributed by atoms with Crippen molar-refractivity contribution in [2.45, 2.75) is 52.5 Å². The van der Waals surface area contributed by atoms with Crippen molar-refractivity contribution in [2.24, 2.45) is 5.92 Å². The maximum Gasteiger partial charge on any atom is 0.0220 e. The first-order chi connectivity index (χ1) is 7.27. The van der Waals surface area contributed by atoms with Crippen LogP contribution in [-0.2, 0) is 0 Å². The molecule has 0 amide bonds. The zero-order valence-corrected chi connectivity index (χ0v) is 10.8. The molecule has 1 saturated heterocycles. The Kier molecular flexibility index (Phi) is 6.26. The maximum absolute atomic E-state index is 3.56. The van der Waals surface area contributed by atoms with E-state index in [0.29, 0.717) is 0 Å². The molecular formula is C13H28N2. The first-order valence-electron chi connectivity index (χ1n) is 6.72. The summed E-state index contributed by atoms with van der Waals surface area (Å²) in [5.74, 6) is 0.841. The Hall–Kier alpha value is -0.0800. The molecule has 1 aliphatic rings. The molecule has 1 N–H and O–H groups in total. The summed E-state index contributed by atoms with van der Waals surface area (Å²) in [5, 5.41) is 3.56. The molecule has 90 valence electrons. The van der Waals surface area contributed by atoms with Gasteiger partial charge in [0.2, 0.25) is 0 Å². The van der Waals surface area contributed by atoms with E-state index in [-0.39, 0.29) is 0 Å². The number of nitrogens with one attached hydrogen (secondary N) is 1. The average Bonchev–Trinajstić information content (AvgIpc) is 2.54. The Morgan fingerprint density at radius 3 is 2.80 bits per heavy atom. The van der Waals surface area contributed by atoms with Crippen LogP contribution in [0.2, 0.25) is 0 Å². The molecule has 2 nitrogen and oxygen atoms in total. The van der Waals surface area contributed by atoms with Crippen LogP contribution < -0.4 is 5.32 Å². The number of rotatable bonds is 5. The van der Waals surface area contributed by atoms with Gasteiger partial charge in [0.1, 0.15) is 0 Å². The maximum atomic E-state index is 3.56. The lowest BCUT2D eigenvalue weighted by atomic mass is 10.0. The van der Waals surface area contributed by atoms with Crippen molar-refractivity contribution >= 4 is 0 Å². The first kappa shape index (κ1) is 13.0. The van der Waals surface area contributed by atoms with E-state index in [0.717, 1.165) is 12.0 Å². The normalized spacial score (nSPS) is 25.2. The highest BCUT2D eigenvalue weighted by Crippen LogP contribution is 2.14. The van der Waals surface area contributed by atoms with Crippen LogP contribution in [-0.4, -0.2) is 37.1 Å². The van der Waals surface area contributed by atoms with Crippen molar-refractivity contribution in [3.8, 4) is 0 Å². The van der Waals surface area contributed by atoms with Crippen molar-refractivity contribution in [1.82, 2.24) is 10.2 Å². The molecule has 15 heavy (non-hydrogen) atoms. The van der Waals surface area contributed by atoms with Gasteiger partial charge in [-0.1, -0.05) is 33.6 Å². The van der Waals surface area contributed by atoms with Crippen molar-refractivity contribution < 1.29 is 0 Å². The van der Waals surface area contributed by atoms with Gasteiger partial charge in [-0.2, -0.15) is 0 Å². The van der Waals surface area contributed by atoms with E-state index < -0.39 is 0 Å². The fourth-order valence-corrected chi connectivity index (χ4v) is 2.38. The minimum absolute atomic E-state index is 0.784. The number of nitrogens with zero attached hydrogens (tertiary/aromatic N) is 1. The van der Waals surface area contributed by atoms with Gasteiger partial charge < -0.3 is 5.32 Å². The lowest BCUT2D eigenvalue weighted by Crippen LogP contribution is -2.43. The van der Waals surface area contributed by atoms with Gasteiger partial charge in [-0.05, 0) is 31.8 Å². The summed E-state index contributed by atoms with van der Waals surface area (Å²) in [4.78, 5) is 2.67. The fourth-order valence-electron chi connectivity index (χ4n) is 2.38. The Balaban J connectivity index is 2.40. The fraction of sp³-hybridized carbons (Fsp3) is 1.00. The van der Waals surface area contributed by atoms with Crippen molar-refractivity contribution in [3.63, 3.8) is 0 Å². The number of hydrogen-bond acceptors (Lipinski definition) is 2. The Morgan fingerprint density at radius 2 is 2.13 bits per heavy atom. The van der Waals surface area contributed by atoms with Crippen LogP contribution in [0.1, 0.15) is 46.5 Å².